The molecule has 1 aromatic rings. The van der Waals surface area contributed by atoms with Crippen LogP contribution in [-0.4, -0.2) is 22.8 Å². The van der Waals surface area contributed by atoms with Crippen molar-refractivity contribution in [3.63, 3.8) is 0 Å². The van der Waals surface area contributed by atoms with Crippen LogP contribution in [0.5, 0.6) is 0 Å². The van der Waals surface area contributed by atoms with Gasteiger partial charge in [-0.1, -0.05) is 28.1 Å². The monoisotopic (exact) mass is 357 g/mol. The van der Waals surface area contributed by atoms with Crippen molar-refractivity contribution in [1.29, 1.82) is 0 Å². The molecule has 116 valence electrons. The van der Waals surface area contributed by atoms with Crippen LogP contribution in [0.4, 0.5) is 4.79 Å². The summed E-state index contributed by atoms with van der Waals surface area (Å²) in [6.07, 6.45) is -0.859. The summed E-state index contributed by atoms with van der Waals surface area (Å²) >= 11 is 3.40. The molecular formula is C15H20BrNO4. The molecule has 0 aliphatic rings. The van der Waals surface area contributed by atoms with Crippen LogP contribution in [0.3, 0.4) is 0 Å². The zero-order chi connectivity index (χ0) is 16.2. The summed E-state index contributed by atoms with van der Waals surface area (Å²) in [5, 5.41) is 11.6. The average molecular weight is 358 g/mol. The molecule has 0 aliphatic heterocycles. The summed E-state index contributed by atoms with van der Waals surface area (Å²) in [6, 6.07) is 4.88. The lowest BCUT2D eigenvalue weighted by Crippen LogP contribution is -2.36. The number of benzene rings is 1. The van der Waals surface area contributed by atoms with Crippen LogP contribution >= 0.6 is 15.9 Å². The number of rotatable bonds is 4. The number of halogens is 1. The van der Waals surface area contributed by atoms with Crippen molar-refractivity contribution in [2.75, 3.05) is 0 Å². The predicted octanol–water partition coefficient (Wildman–Crippen LogP) is 3.80. The largest absolute Gasteiger partial charge is 0.481 e. The molecule has 1 atom stereocenters. The van der Waals surface area contributed by atoms with Crippen molar-refractivity contribution in [3.8, 4) is 0 Å². The minimum absolute atomic E-state index is 0.221. The molecule has 0 saturated carbocycles. The van der Waals surface area contributed by atoms with E-state index in [1.165, 1.54) is 0 Å². The van der Waals surface area contributed by atoms with Gasteiger partial charge in [0.2, 0.25) is 0 Å². The number of hydrogen-bond donors (Lipinski definition) is 2. The summed E-state index contributed by atoms with van der Waals surface area (Å²) in [5.41, 5.74) is 1.10. The Bertz CT molecular complexity index is 537. The number of hydrogen-bond acceptors (Lipinski definition) is 3. The smallest absolute Gasteiger partial charge is 0.408 e. The first kappa shape index (κ1) is 17.5. The molecule has 0 bridgehead atoms. The molecule has 0 aliphatic carbocycles. The number of ether oxygens (including phenoxy) is 1. The summed E-state index contributed by atoms with van der Waals surface area (Å²) in [5.74, 6) is -0.997. The van der Waals surface area contributed by atoms with E-state index >= 15 is 0 Å². The number of carboxylic acids is 1. The van der Waals surface area contributed by atoms with Gasteiger partial charge < -0.3 is 15.2 Å². The second-order valence-corrected chi connectivity index (χ2v) is 6.68. The zero-order valence-corrected chi connectivity index (χ0v) is 14.2. The fourth-order valence-electron chi connectivity index (χ4n) is 1.78. The molecule has 6 heteroatoms. The van der Waals surface area contributed by atoms with E-state index in [2.05, 4.69) is 21.2 Å². The Labute approximate surface area is 132 Å². The topological polar surface area (TPSA) is 75.6 Å². The van der Waals surface area contributed by atoms with Crippen LogP contribution in [0.1, 0.15) is 44.4 Å². The van der Waals surface area contributed by atoms with Crippen LogP contribution in [0.15, 0.2) is 22.7 Å². The highest BCUT2D eigenvalue weighted by atomic mass is 79.9. The van der Waals surface area contributed by atoms with E-state index in [0.29, 0.717) is 5.56 Å². The van der Waals surface area contributed by atoms with Crippen molar-refractivity contribution in [1.82, 2.24) is 5.32 Å². The van der Waals surface area contributed by atoms with E-state index in [1.54, 1.807) is 26.8 Å². The lowest BCUT2D eigenvalue weighted by atomic mass is 10.0. The Morgan fingerprint density at radius 2 is 2.00 bits per heavy atom. The minimum atomic E-state index is -0.997. The van der Waals surface area contributed by atoms with Gasteiger partial charge >= 0.3 is 12.1 Å². The fourth-order valence-corrected chi connectivity index (χ4v) is 2.55. The molecule has 0 unspecified atom stereocenters. The van der Waals surface area contributed by atoms with Crippen molar-refractivity contribution < 1.29 is 19.4 Å². The molecule has 1 aromatic carbocycles. The van der Waals surface area contributed by atoms with Gasteiger partial charge in [0.05, 0.1) is 12.5 Å². The maximum atomic E-state index is 11.9. The van der Waals surface area contributed by atoms with Gasteiger partial charge in [-0.3, -0.25) is 4.79 Å². The average Bonchev–Trinajstić information content (AvgIpc) is 2.24. The highest BCUT2D eigenvalue weighted by molar-refractivity contribution is 9.10. The van der Waals surface area contributed by atoms with Crippen molar-refractivity contribution in [3.05, 3.63) is 33.8 Å². The lowest BCUT2D eigenvalue weighted by molar-refractivity contribution is -0.137. The van der Waals surface area contributed by atoms with Gasteiger partial charge in [-0.05, 0) is 44.9 Å². The maximum absolute atomic E-state index is 11.9. The van der Waals surface area contributed by atoms with Crippen LogP contribution in [0, 0.1) is 6.92 Å². The number of aliphatic carboxylic acids is 1. The first-order chi connectivity index (χ1) is 9.58. The Balaban J connectivity index is 2.95. The number of carboxylic acid groups (broad SMARTS) is 1. The Morgan fingerprint density at radius 3 is 2.48 bits per heavy atom. The summed E-state index contributed by atoms with van der Waals surface area (Å²) < 4.78 is 5.93. The van der Waals surface area contributed by atoms with Crippen molar-refractivity contribution >= 4 is 28.0 Å². The highest BCUT2D eigenvalue weighted by Gasteiger charge is 2.23. The second kappa shape index (κ2) is 6.93. The Morgan fingerprint density at radius 1 is 1.38 bits per heavy atom. The summed E-state index contributed by atoms with van der Waals surface area (Å²) in [4.78, 5) is 22.9. The zero-order valence-electron chi connectivity index (χ0n) is 12.6. The predicted molar refractivity (Wildman–Crippen MR) is 83.2 cm³/mol. The maximum Gasteiger partial charge on any atom is 0.408 e. The van der Waals surface area contributed by atoms with Crippen LogP contribution in [-0.2, 0) is 9.53 Å². The number of amides is 1. The van der Waals surface area contributed by atoms with Crippen LogP contribution < -0.4 is 5.32 Å². The number of alkyl carbamates (subject to hydrolysis) is 1. The molecule has 1 amide bonds. The number of aryl methyl sites for hydroxylation is 1. The van der Waals surface area contributed by atoms with Crippen LogP contribution in [0.25, 0.3) is 0 Å². The summed E-state index contributed by atoms with van der Waals surface area (Å²) in [7, 11) is 0. The van der Waals surface area contributed by atoms with Gasteiger partial charge in [-0.15, -0.1) is 0 Å². The molecule has 0 spiro atoms. The molecule has 0 saturated heterocycles. The molecule has 0 heterocycles. The molecule has 0 aromatic heterocycles. The molecule has 1 rings (SSSR count). The van der Waals surface area contributed by atoms with E-state index in [0.717, 1.165) is 10.0 Å². The van der Waals surface area contributed by atoms with E-state index in [9.17, 15) is 9.59 Å². The molecule has 0 fully saturated rings. The second-order valence-electron chi connectivity index (χ2n) is 5.82. The van der Waals surface area contributed by atoms with Gasteiger partial charge in [-0.2, -0.15) is 0 Å². The van der Waals surface area contributed by atoms with Crippen LogP contribution in [0.2, 0.25) is 0 Å². The molecule has 2 N–H and O–H groups in total. The quantitative estimate of drug-likeness (QED) is 0.859. The first-order valence-electron chi connectivity index (χ1n) is 6.56. The van der Waals surface area contributed by atoms with E-state index in [-0.39, 0.29) is 6.42 Å². The third-order valence-corrected chi connectivity index (χ3v) is 3.29. The van der Waals surface area contributed by atoms with Gasteiger partial charge in [0, 0.05) is 4.47 Å². The highest BCUT2D eigenvalue weighted by Crippen LogP contribution is 2.27. The standard InChI is InChI=1S/C15H20BrNO4/c1-9-5-6-10(11(16)7-9)12(8-13(18)19)17-14(20)21-15(2,3)4/h5-7,12H,8H2,1-4H3,(H,17,20)(H,18,19)/t12-/m1/s1. The molecule has 0 radical (unpaired) electrons. The molecule has 5 nitrogen and oxygen atoms in total. The van der Waals surface area contributed by atoms with Gasteiger partial charge in [0.1, 0.15) is 5.60 Å². The Kier molecular flexibility index (Phi) is 5.78. The SMILES string of the molecule is Cc1ccc([C@@H](CC(=O)O)NC(=O)OC(C)(C)C)c(Br)c1. The third kappa shape index (κ3) is 6.16. The first-order valence-corrected chi connectivity index (χ1v) is 7.35. The normalized spacial score (nSPS) is 12.6. The van der Waals surface area contributed by atoms with E-state index in [1.807, 2.05) is 19.1 Å². The van der Waals surface area contributed by atoms with Gasteiger partial charge in [-0.25, -0.2) is 4.79 Å². The molecular weight excluding hydrogens is 338 g/mol. The van der Waals surface area contributed by atoms with E-state index < -0.39 is 23.7 Å². The van der Waals surface area contributed by atoms with E-state index in [4.69, 9.17) is 9.84 Å². The number of carbonyl (C=O) groups excluding carboxylic acids is 1. The Hall–Kier alpha value is -1.56. The van der Waals surface area contributed by atoms with Gasteiger partial charge in [0.15, 0.2) is 0 Å². The third-order valence-electron chi connectivity index (χ3n) is 2.60. The summed E-state index contributed by atoms with van der Waals surface area (Å²) in [6.45, 7) is 7.18. The fraction of sp³-hybridized carbons (Fsp3) is 0.467. The van der Waals surface area contributed by atoms with Crippen molar-refractivity contribution in [2.24, 2.45) is 0 Å². The minimum Gasteiger partial charge on any atom is -0.481 e. The van der Waals surface area contributed by atoms with Gasteiger partial charge in [0.25, 0.3) is 0 Å². The number of nitrogens with one attached hydrogen (secondary N) is 1. The molecule has 21 heavy (non-hydrogen) atoms. The lowest BCUT2D eigenvalue weighted by Gasteiger charge is -2.23. The van der Waals surface area contributed by atoms with Crippen molar-refractivity contribution in [2.45, 2.75) is 45.8 Å². The number of carbonyl (C=O) groups is 2.